The molecule has 0 aromatic heterocycles. The fraction of sp³-hybridized carbons (Fsp3) is 0.889. The molecule has 0 aliphatic carbocycles. The molecule has 0 heterocycles. The highest BCUT2D eigenvalue weighted by molar-refractivity contribution is 5.73. The van der Waals surface area contributed by atoms with Gasteiger partial charge in [0, 0.05) is 20.1 Å². The van der Waals surface area contributed by atoms with Crippen LogP contribution in [-0.2, 0) is 0 Å². The standard InChI is InChI=1S/C9H21N3O/c1-5-12(4)9(13)10-7-6-8-11(2)3/h5-8H2,1-4H3,(H,10,13). The molecule has 4 heteroatoms. The second kappa shape index (κ2) is 6.71. The number of nitrogens with zero attached hydrogens (tertiary/aromatic N) is 2. The van der Waals surface area contributed by atoms with E-state index in [2.05, 4.69) is 10.2 Å². The summed E-state index contributed by atoms with van der Waals surface area (Å²) in [6.45, 7) is 4.47. The number of nitrogens with one attached hydrogen (secondary N) is 1. The van der Waals surface area contributed by atoms with Crippen LogP contribution in [0.1, 0.15) is 13.3 Å². The molecule has 0 aliphatic heterocycles. The lowest BCUT2D eigenvalue weighted by molar-refractivity contribution is 0.210. The molecule has 0 unspecified atom stereocenters. The summed E-state index contributed by atoms with van der Waals surface area (Å²) in [5, 5.41) is 2.85. The molecular weight excluding hydrogens is 166 g/mol. The van der Waals surface area contributed by atoms with Crippen LogP contribution < -0.4 is 5.32 Å². The van der Waals surface area contributed by atoms with E-state index >= 15 is 0 Å². The maximum atomic E-state index is 11.2. The van der Waals surface area contributed by atoms with Gasteiger partial charge in [0.25, 0.3) is 0 Å². The van der Waals surface area contributed by atoms with Crippen molar-refractivity contribution in [3.05, 3.63) is 0 Å². The van der Waals surface area contributed by atoms with Gasteiger partial charge in [-0.3, -0.25) is 0 Å². The molecular formula is C9H21N3O. The van der Waals surface area contributed by atoms with Crippen molar-refractivity contribution < 1.29 is 4.79 Å². The highest BCUT2D eigenvalue weighted by Gasteiger charge is 2.03. The minimum Gasteiger partial charge on any atom is -0.338 e. The van der Waals surface area contributed by atoms with Crippen molar-refractivity contribution in [1.82, 2.24) is 15.1 Å². The van der Waals surface area contributed by atoms with E-state index < -0.39 is 0 Å². The van der Waals surface area contributed by atoms with Crippen LogP contribution in [0, 0.1) is 0 Å². The molecule has 0 saturated carbocycles. The zero-order valence-corrected chi connectivity index (χ0v) is 9.13. The van der Waals surface area contributed by atoms with Gasteiger partial charge in [-0.15, -0.1) is 0 Å². The van der Waals surface area contributed by atoms with E-state index in [9.17, 15) is 4.79 Å². The fourth-order valence-corrected chi connectivity index (χ4v) is 0.869. The smallest absolute Gasteiger partial charge is 0.317 e. The molecule has 78 valence electrons. The molecule has 0 spiro atoms. The highest BCUT2D eigenvalue weighted by Crippen LogP contribution is 1.85. The number of carbonyl (C=O) groups excluding carboxylic acids is 1. The van der Waals surface area contributed by atoms with Crippen molar-refractivity contribution in [1.29, 1.82) is 0 Å². The zero-order valence-electron chi connectivity index (χ0n) is 9.13. The molecule has 0 aliphatic rings. The topological polar surface area (TPSA) is 35.6 Å². The van der Waals surface area contributed by atoms with Gasteiger partial charge in [0.1, 0.15) is 0 Å². The SMILES string of the molecule is CCN(C)C(=O)NCCCN(C)C. The lowest BCUT2D eigenvalue weighted by Crippen LogP contribution is -2.38. The first kappa shape index (κ1) is 12.2. The number of rotatable bonds is 5. The van der Waals surface area contributed by atoms with Gasteiger partial charge in [-0.05, 0) is 34.0 Å². The Morgan fingerprint density at radius 3 is 2.38 bits per heavy atom. The van der Waals surface area contributed by atoms with E-state index in [1.807, 2.05) is 21.0 Å². The Morgan fingerprint density at radius 1 is 1.31 bits per heavy atom. The molecule has 0 bridgehead atoms. The van der Waals surface area contributed by atoms with Crippen LogP contribution in [0.2, 0.25) is 0 Å². The maximum absolute atomic E-state index is 11.2. The van der Waals surface area contributed by atoms with Gasteiger partial charge in [0.05, 0.1) is 0 Å². The van der Waals surface area contributed by atoms with Crippen molar-refractivity contribution in [2.24, 2.45) is 0 Å². The summed E-state index contributed by atoms with van der Waals surface area (Å²) in [6, 6.07) is 0.0151. The average molecular weight is 187 g/mol. The summed E-state index contributed by atoms with van der Waals surface area (Å²) in [5.74, 6) is 0. The molecule has 0 saturated heterocycles. The Morgan fingerprint density at radius 2 is 1.92 bits per heavy atom. The van der Waals surface area contributed by atoms with Crippen LogP contribution in [0.15, 0.2) is 0 Å². The van der Waals surface area contributed by atoms with Crippen LogP contribution in [0.4, 0.5) is 4.79 Å². The lowest BCUT2D eigenvalue weighted by Gasteiger charge is -2.16. The van der Waals surface area contributed by atoms with Gasteiger partial charge >= 0.3 is 6.03 Å². The first-order chi connectivity index (χ1) is 6.07. The fourth-order valence-electron chi connectivity index (χ4n) is 0.869. The molecule has 0 radical (unpaired) electrons. The molecule has 1 N–H and O–H groups in total. The third-order valence-electron chi connectivity index (χ3n) is 1.88. The second-order valence-electron chi connectivity index (χ2n) is 3.40. The Bertz CT molecular complexity index is 148. The van der Waals surface area contributed by atoms with Crippen molar-refractivity contribution in [2.45, 2.75) is 13.3 Å². The van der Waals surface area contributed by atoms with Gasteiger partial charge in [-0.25, -0.2) is 4.79 Å². The van der Waals surface area contributed by atoms with Gasteiger partial charge < -0.3 is 15.1 Å². The van der Waals surface area contributed by atoms with E-state index in [1.54, 1.807) is 11.9 Å². The Labute approximate surface area is 80.9 Å². The minimum absolute atomic E-state index is 0.0151. The summed E-state index contributed by atoms with van der Waals surface area (Å²) in [6.07, 6.45) is 0.996. The zero-order chi connectivity index (χ0) is 10.3. The second-order valence-corrected chi connectivity index (χ2v) is 3.40. The maximum Gasteiger partial charge on any atom is 0.317 e. The van der Waals surface area contributed by atoms with E-state index in [4.69, 9.17) is 0 Å². The van der Waals surface area contributed by atoms with E-state index in [1.165, 1.54) is 0 Å². The Kier molecular flexibility index (Phi) is 6.32. The monoisotopic (exact) mass is 187 g/mol. The molecule has 13 heavy (non-hydrogen) atoms. The summed E-state index contributed by atoms with van der Waals surface area (Å²) >= 11 is 0. The number of hydrogen-bond acceptors (Lipinski definition) is 2. The van der Waals surface area contributed by atoms with Gasteiger partial charge in [-0.2, -0.15) is 0 Å². The molecule has 0 fully saturated rings. The summed E-state index contributed by atoms with van der Waals surface area (Å²) in [4.78, 5) is 15.0. The average Bonchev–Trinajstić information content (AvgIpc) is 2.10. The molecule has 0 atom stereocenters. The lowest BCUT2D eigenvalue weighted by atomic mass is 10.4. The summed E-state index contributed by atoms with van der Waals surface area (Å²) in [7, 11) is 5.85. The largest absolute Gasteiger partial charge is 0.338 e. The van der Waals surface area contributed by atoms with Gasteiger partial charge in [0.2, 0.25) is 0 Å². The first-order valence-corrected chi connectivity index (χ1v) is 4.71. The predicted octanol–water partition coefficient (Wildman–Crippen LogP) is 0.599. The van der Waals surface area contributed by atoms with Gasteiger partial charge in [-0.1, -0.05) is 0 Å². The van der Waals surface area contributed by atoms with Crippen molar-refractivity contribution in [2.75, 3.05) is 40.8 Å². The predicted molar refractivity (Wildman–Crippen MR) is 54.9 cm³/mol. The van der Waals surface area contributed by atoms with Crippen molar-refractivity contribution in [3.63, 3.8) is 0 Å². The Balaban J connectivity index is 3.37. The number of carbonyl (C=O) groups is 1. The molecule has 0 aromatic carbocycles. The number of amides is 2. The quantitative estimate of drug-likeness (QED) is 0.640. The van der Waals surface area contributed by atoms with Crippen LogP contribution >= 0.6 is 0 Å². The van der Waals surface area contributed by atoms with Crippen LogP contribution in [0.25, 0.3) is 0 Å². The van der Waals surface area contributed by atoms with E-state index in [0.717, 1.165) is 26.1 Å². The first-order valence-electron chi connectivity index (χ1n) is 4.71. The number of urea groups is 1. The normalized spacial score (nSPS) is 10.2. The summed E-state index contributed by atoms with van der Waals surface area (Å²) in [5.41, 5.74) is 0. The number of hydrogen-bond donors (Lipinski definition) is 1. The van der Waals surface area contributed by atoms with Crippen LogP contribution in [0.3, 0.4) is 0 Å². The van der Waals surface area contributed by atoms with Crippen LogP contribution in [-0.4, -0.2) is 56.6 Å². The van der Waals surface area contributed by atoms with Gasteiger partial charge in [0.15, 0.2) is 0 Å². The molecule has 0 aromatic rings. The highest BCUT2D eigenvalue weighted by atomic mass is 16.2. The van der Waals surface area contributed by atoms with E-state index in [0.29, 0.717) is 0 Å². The molecule has 0 rings (SSSR count). The Hall–Kier alpha value is -0.770. The van der Waals surface area contributed by atoms with Crippen molar-refractivity contribution in [3.8, 4) is 0 Å². The third-order valence-corrected chi connectivity index (χ3v) is 1.88. The van der Waals surface area contributed by atoms with Crippen LogP contribution in [0.5, 0.6) is 0 Å². The third kappa shape index (κ3) is 6.40. The summed E-state index contributed by atoms with van der Waals surface area (Å²) < 4.78 is 0. The minimum atomic E-state index is 0.0151. The molecule has 4 nitrogen and oxygen atoms in total. The molecule has 2 amide bonds. The van der Waals surface area contributed by atoms with E-state index in [-0.39, 0.29) is 6.03 Å². The van der Waals surface area contributed by atoms with Crippen molar-refractivity contribution >= 4 is 6.03 Å².